The number of nitrogens with zero attached hydrogens (tertiary/aromatic N) is 2. The lowest BCUT2D eigenvalue weighted by Crippen LogP contribution is -2.32. The number of aryl methyl sites for hydroxylation is 2. The molecule has 0 saturated carbocycles. The zero-order valence-electron chi connectivity index (χ0n) is 15.1. The molecule has 6 nitrogen and oxygen atoms in total. The summed E-state index contributed by atoms with van der Waals surface area (Å²) in [5, 5.41) is 6.74. The number of aromatic nitrogens is 2. The van der Waals surface area contributed by atoms with E-state index in [0.29, 0.717) is 5.75 Å². The van der Waals surface area contributed by atoms with Crippen LogP contribution in [-0.2, 0) is 10.0 Å². The molecule has 0 amide bonds. The SMILES string of the molecule is COc1ccc(S(=O)(=O)NCC(c2cccs2)n2nc(C)cc2C)cc1Cl. The summed E-state index contributed by atoms with van der Waals surface area (Å²) in [6, 6.07) is 10.0. The first-order valence-corrected chi connectivity index (χ1v) is 11.0. The maximum absolute atomic E-state index is 12.7. The van der Waals surface area contributed by atoms with Gasteiger partial charge in [-0.1, -0.05) is 17.7 Å². The molecular formula is C18H20ClN3O3S2. The molecule has 0 radical (unpaired) electrons. The number of hydrogen-bond acceptors (Lipinski definition) is 5. The van der Waals surface area contributed by atoms with Gasteiger partial charge in [0.2, 0.25) is 10.0 Å². The molecule has 0 spiro atoms. The largest absolute Gasteiger partial charge is 0.495 e. The number of benzene rings is 1. The van der Waals surface area contributed by atoms with Crippen molar-refractivity contribution >= 4 is 33.0 Å². The van der Waals surface area contributed by atoms with Gasteiger partial charge in [-0.15, -0.1) is 11.3 Å². The quantitative estimate of drug-likeness (QED) is 0.625. The van der Waals surface area contributed by atoms with Crippen LogP contribution < -0.4 is 9.46 Å². The van der Waals surface area contributed by atoms with E-state index in [0.717, 1.165) is 16.3 Å². The monoisotopic (exact) mass is 425 g/mol. The lowest BCUT2D eigenvalue weighted by atomic mass is 10.2. The second-order valence-electron chi connectivity index (χ2n) is 6.05. The molecule has 1 unspecified atom stereocenters. The highest BCUT2D eigenvalue weighted by molar-refractivity contribution is 7.89. The highest BCUT2D eigenvalue weighted by Gasteiger charge is 2.22. The lowest BCUT2D eigenvalue weighted by molar-refractivity contribution is 0.414. The topological polar surface area (TPSA) is 73.2 Å². The van der Waals surface area contributed by atoms with Gasteiger partial charge in [0, 0.05) is 17.1 Å². The fourth-order valence-electron chi connectivity index (χ4n) is 2.84. The Morgan fingerprint density at radius 2 is 2.07 bits per heavy atom. The van der Waals surface area contributed by atoms with Crippen molar-refractivity contribution in [1.82, 2.24) is 14.5 Å². The van der Waals surface area contributed by atoms with Crippen molar-refractivity contribution in [2.24, 2.45) is 0 Å². The number of hydrogen-bond donors (Lipinski definition) is 1. The maximum Gasteiger partial charge on any atom is 0.240 e. The third-order valence-electron chi connectivity index (χ3n) is 4.11. The number of halogens is 1. The molecule has 2 aromatic heterocycles. The van der Waals surface area contributed by atoms with Gasteiger partial charge in [0.1, 0.15) is 5.75 Å². The molecule has 0 aliphatic rings. The van der Waals surface area contributed by atoms with Crippen LogP contribution >= 0.6 is 22.9 Å². The summed E-state index contributed by atoms with van der Waals surface area (Å²) in [6.45, 7) is 4.05. The molecule has 3 aromatic rings. The summed E-state index contributed by atoms with van der Waals surface area (Å²) in [6.07, 6.45) is 0. The van der Waals surface area contributed by atoms with E-state index in [1.165, 1.54) is 25.3 Å². The molecule has 2 heterocycles. The van der Waals surface area contributed by atoms with E-state index in [9.17, 15) is 8.42 Å². The lowest BCUT2D eigenvalue weighted by Gasteiger charge is -2.19. The normalized spacial score (nSPS) is 12.9. The molecule has 1 N–H and O–H groups in total. The molecule has 144 valence electrons. The molecule has 0 aliphatic heterocycles. The van der Waals surface area contributed by atoms with Crippen LogP contribution in [0.2, 0.25) is 5.02 Å². The van der Waals surface area contributed by atoms with E-state index in [1.807, 2.05) is 42.1 Å². The first-order valence-electron chi connectivity index (χ1n) is 8.21. The standard InChI is InChI=1S/C18H20ClN3O3S2/c1-12-9-13(2)22(21-12)16(18-5-4-8-26-18)11-20-27(23,24)14-6-7-17(25-3)15(19)10-14/h4-10,16,20H,11H2,1-3H3. The molecular weight excluding hydrogens is 406 g/mol. The van der Waals surface area contributed by atoms with Crippen LogP contribution in [-0.4, -0.2) is 31.9 Å². The number of methoxy groups -OCH3 is 1. The molecule has 0 aliphatic carbocycles. The highest BCUT2D eigenvalue weighted by atomic mass is 35.5. The summed E-state index contributed by atoms with van der Waals surface area (Å²) >= 11 is 7.63. The minimum atomic E-state index is -3.73. The Morgan fingerprint density at radius 1 is 1.30 bits per heavy atom. The van der Waals surface area contributed by atoms with Crippen LogP contribution in [0.4, 0.5) is 0 Å². The zero-order chi connectivity index (χ0) is 19.6. The van der Waals surface area contributed by atoms with Gasteiger partial charge in [0.15, 0.2) is 0 Å². The van der Waals surface area contributed by atoms with E-state index in [1.54, 1.807) is 11.3 Å². The van der Waals surface area contributed by atoms with Crippen LogP contribution in [0.5, 0.6) is 5.75 Å². The molecule has 27 heavy (non-hydrogen) atoms. The molecule has 9 heteroatoms. The second-order valence-corrected chi connectivity index (χ2v) is 9.20. The van der Waals surface area contributed by atoms with Gasteiger partial charge < -0.3 is 4.74 Å². The minimum Gasteiger partial charge on any atom is -0.495 e. The van der Waals surface area contributed by atoms with Crippen molar-refractivity contribution in [1.29, 1.82) is 0 Å². The Kier molecular flexibility index (Phi) is 5.90. The van der Waals surface area contributed by atoms with Crippen LogP contribution in [0, 0.1) is 13.8 Å². The molecule has 0 fully saturated rings. The van der Waals surface area contributed by atoms with Gasteiger partial charge in [-0.2, -0.15) is 5.10 Å². The Labute approximate surface area is 167 Å². The molecule has 1 aromatic carbocycles. The van der Waals surface area contributed by atoms with E-state index in [-0.39, 0.29) is 22.5 Å². The third kappa shape index (κ3) is 4.35. The van der Waals surface area contributed by atoms with Crippen LogP contribution in [0.1, 0.15) is 22.3 Å². The van der Waals surface area contributed by atoms with Gasteiger partial charge in [-0.3, -0.25) is 4.68 Å². The summed E-state index contributed by atoms with van der Waals surface area (Å²) < 4.78 is 35.1. The number of ether oxygens (including phenoxy) is 1. The Balaban J connectivity index is 1.87. The number of nitrogens with one attached hydrogen (secondary N) is 1. The average Bonchev–Trinajstić information content (AvgIpc) is 3.25. The van der Waals surface area contributed by atoms with Crippen LogP contribution in [0.25, 0.3) is 0 Å². The van der Waals surface area contributed by atoms with Crippen molar-refractivity contribution in [3.8, 4) is 5.75 Å². The maximum atomic E-state index is 12.7. The average molecular weight is 426 g/mol. The Morgan fingerprint density at radius 3 is 2.63 bits per heavy atom. The predicted octanol–water partition coefficient (Wildman–Crippen LogP) is 3.79. The number of thiophene rings is 1. The zero-order valence-corrected chi connectivity index (χ0v) is 17.5. The fraction of sp³-hybridized carbons (Fsp3) is 0.278. The van der Waals surface area contributed by atoms with Crippen molar-refractivity contribution in [2.75, 3.05) is 13.7 Å². The van der Waals surface area contributed by atoms with Crippen molar-refractivity contribution in [3.05, 3.63) is 63.1 Å². The molecule has 0 saturated heterocycles. The van der Waals surface area contributed by atoms with Gasteiger partial charge in [0.25, 0.3) is 0 Å². The van der Waals surface area contributed by atoms with Gasteiger partial charge in [-0.05, 0) is 49.6 Å². The second kappa shape index (κ2) is 8.02. The number of sulfonamides is 1. The van der Waals surface area contributed by atoms with E-state index in [2.05, 4.69) is 9.82 Å². The Hall–Kier alpha value is -1.87. The van der Waals surface area contributed by atoms with E-state index < -0.39 is 10.0 Å². The van der Waals surface area contributed by atoms with Crippen molar-refractivity contribution < 1.29 is 13.2 Å². The fourth-order valence-corrected chi connectivity index (χ4v) is 5.03. The Bertz CT molecular complexity index is 1030. The molecule has 3 rings (SSSR count). The van der Waals surface area contributed by atoms with Crippen LogP contribution in [0.15, 0.2) is 46.7 Å². The van der Waals surface area contributed by atoms with Gasteiger partial charge in [0.05, 0.1) is 28.8 Å². The third-order valence-corrected chi connectivity index (χ3v) is 6.80. The predicted molar refractivity (Wildman–Crippen MR) is 107 cm³/mol. The van der Waals surface area contributed by atoms with E-state index >= 15 is 0 Å². The van der Waals surface area contributed by atoms with Gasteiger partial charge >= 0.3 is 0 Å². The smallest absolute Gasteiger partial charge is 0.240 e. The summed E-state index contributed by atoms with van der Waals surface area (Å²) in [5.74, 6) is 0.426. The van der Waals surface area contributed by atoms with Gasteiger partial charge in [-0.25, -0.2) is 13.1 Å². The first-order chi connectivity index (χ1) is 12.8. The minimum absolute atomic E-state index is 0.0894. The van der Waals surface area contributed by atoms with E-state index in [4.69, 9.17) is 16.3 Å². The van der Waals surface area contributed by atoms with Crippen molar-refractivity contribution in [3.63, 3.8) is 0 Å². The summed E-state index contributed by atoms with van der Waals surface area (Å²) in [4.78, 5) is 1.11. The highest BCUT2D eigenvalue weighted by Crippen LogP contribution is 2.28. The summed E-state index contributed by atoms with van der Waals surface area (Å²) in [5.41, 5.74) is 1.86. The van der Waals surface area contributed by atoms with Crippen LogP contribution in [0.3, 0.4) is 0 Å². The molecule has 1 atom stereocenters. The summed E-state index contributed by atoms with van der Waals surface area (Å²) in [7, 11) is -2.25. The molecule has 0 bridgehead atoms. The number of rotatable bonds is 7. The van der Waals surface area contributed by atoms with Crippen molar-refractivity contribution in [2.45, 2.75) is 24.8 Å². The first kappa shape index (κ1) is 19.9.